The number of nitrogens with zero attached hydrogens (tertiary/aromatic N) is 3. The molecule has 1 heterocycles. The zero-order valence-corrected chi connectivity index (χ0v) is 8.35. The first-order valence-electron chi connectivity index (χ1n) is 5.01. The Morgan fingerprint density at radius 3 is 3.07 bits per heavy atom. The van der Waals surface area contributed by atoms with Gasteiger partial charge in [0.05, 0.1) is 12.6 Å². The summed E-state index contributed by atoms with van der Waals surface area (Å²) in [6, 6.07) is 0.221. The molecule has 0 spiro atoms. The molecule has 0 amide bonds. The summed E-state index contributed by atoms with van der Waals surface area (Å²) in [5, 5.41) is 17.0. The molecule has 0 saturated heterocycles. The predicted octanol–water partition coefficient (Wildman–Crippen LogP) is -0.182. The van der Waals surface area contributed by atoms with Crippen LogP contribution in [0.2, 0.25) is 0 Å². The van der Waals surface area contributed by atoms with Crippen molar-refractivity contribution in [3.8, 4) is 0 Å². The van der Waals surface area contributed by atoms with Gasteiger partial charge < -0.3 is 10.4 Å². The third-order valence-corrected chi connectivity index (χ3v) is 2.65. The maximum atomic E-state index is 9.56. The molecular formula is C9H16N4O. The number of aryl methyl sites for hydroxylation is 1. The number of rotatable bonds is 3. The van der Waals surface area contributed by atoms with Gasteiger partial charge in [0.1, 0.15) is 6.33 Å². The maximum Gasteiger partial charge on any atom is 0.164 e. The standard InChI is InChI=1S/C9H16N4O/c1-13-6-11-9(12-13)5-10-7-3-2-4-8(7)14/h6-8,10,14H,2-5H2,1H3. The Kier molecular flexibility index (Phi) is 2.79. The molecule has 1 aromatic rings. The molecule has 1 aliphatic rings. The fraction of sp³-hybridized carbons (Fsp3) is 0.778. The van der Waals surface area contributed by atoms with Gasteiger partial charge in [-0.2, -0.15) is 5.10 Å². The van der Waals surface area contributed by atoms with Gasteiger partial charge in [0, 0.05) is 13.1 Å². The quantitative estimate of drug-likeness (QED) is 0.704. The van der Waals surface area contributed by atoms with Gasteiger partial charge in [-0.15, -0.1) is 0 Å². The predicted molar refractivity (Wildman–Crippen MR) is 51.5 cm³/mol. The molecule has 5 nitrogen and oxygen atoms in total. The Morgan fingerprint density at radius 2 is 2.50 bits per heavy atom. The Morgan fingerprint density at radius 1 is 1.64 bits per heavy atom. The van der Waals surface area contributed by atoms with Crippen molar-refractivity contribution in [1.82, 2.24) is 20.1 Å². The lowest BCUT2D eigenvalue weighted by molar-refractivity contribution is 0.148. The molecule has 2 N–H and O–H groups in total. The molecule has 1 aromatic heterocycles. The lowest BCUT2D eigenvalue weighted by atomic mass is 10.2. The number of aromatic nitrogens is 3. The van der Waals surface area contributed by atoms with Crippen molar-refractivity contribution in [1.29, 1.82) is 0 Å². The van der Waals surface area contributed by atoms with Crippen molar-refractivity contribution in [3.05, 3.63) is 12.2 Å². The molecule has 0 bridgehead atoms. The summed E-state index contributed by atoms with van der Waals surface area (Å²) in [4.78, 5) is 4.11. The van der Waals surface area contributed by atoms with Gasteiger partial charge in [0.25, 0.3) is 0 Å². The van der Waals surface area contributed by atoms with Gasteiger partial charge in [-0.25, -0.2) is 4.98 Å². The molecule has 1 fully saturated rings. The van der Waals surface area contributed by atoms with Crippen molar-refractivity contribution in [2.24, 2.45) is 7.05 Å². The van der Waals surface area contributed by atoms with E-state index in [1.54, 1.807) is 11.0 Å². The van der Waals surface area contributed by atoms with Crippen molar-refractivity contribution in [3.63, 3.8) is 0 Å². The number of nitrogens with one attached hydrogen (secondary N) is 1. The monoisotopic (exact) mass is 196 g/mol. The van der Waals surface area contributed by atoms with E-state index in [1.165, 1.54) is 0 Å². The van der Waals surface area contributed by atoms with Crippen LogP contribution in [0.15, 0.2) is 6.33 Å². The lowest BCUT2D eigenvalue weighted by Gasteiger charge is -2.14. The smallest absolute Gasteiger partial charge is 0.164 e. The van der Waals surface area contributed by atoms with E-state index in [9.17, 15) is 5.11 Å². The van der Waals surface area contributed by atoms with E-state index in [0.29, 0.717) is 6.54 Å². The van der Waals surface area contributed by atoms with Crippen LogP contribution in [-0.2, 0) is 13.6 Å². The topological polar surface area (TPSA) is 63.0 Å². The summed E-state index contributed by atoms with van der Waals surface area (Å²) in [5.41, 5.74) is 0. The summed E-state index contributed by atoms with van der Waals surface area (Å²) in [6.07, 6.45) is 4.55. The number of hydrogen-bond acceptors (Lipinski definition) is 4. The van der Waals surface area contributed by atoms with Gasteiger partial charge in [-0.05, 0) is 19.3 Å². The third kappa shape index (κ3) is 2.10. The van der Waals surface area contributed by atoms with Gasteiger partial charge in [-0.3, -0.25) is 4.68 Å². The van der Waals surface area contributed by atoms with Crippen molar-refractivity contribution >= 4 is 0 Å². The highest BCUT2D eigenvalue weighted by atomic mass is 16.3. The van der Waals surface area contributed by atoms with Crippen molar-refractivity contribution in [2.75, 3.05) is 0 Å². The second-order valence-electron chi connectivity index (χ2n) is 3.82. The minimum atomic E-state index is -0.196. The van der Waals surface area contributed by atoms with Crippen LogP contribution < -0.4 is 5.32 Å². The molecule has 0 radical (unpaired) electrons. The van der Waals surface area contributed by atoms with E-state index in [2.05, 4.69) is 15.4 Å². The molecule has 1 aliphatic carbocycles. The Labute approximate surface area is 83.2 Å². The highest BCUT2D eigenvalue weighted by Crippen LogP contribution is 2.18. The minimum Gasteiger partial charge on any atom is -0.392 e. The number of hydrogen-bond donors (Lipinski definition) is 2. The lowest BCUT2D eigenvalue weighted by Crippen LogP contribution is -2.35. The highest BCUT2D eigenvalue weighted by Gasteiger charge is 2.24. The van der Waals surface area contributed by atoms with E-state index in [1.807, 2.05) is 7.05 Å². The van der Waals surface area contributed by atoms with Gasteiger partial charge in [0.2, 0.25) is 0 Å². The van der Waals surface area contributed by atoms with E-state index >= 15 is 0 Å². The van der Waals surface area contributed by atoms with Gasteiger partial charge in [-0.1, -0.05) is 0 Å². The van der Waals surface area contributed by atoms with E-state index < -0.39 is 0 Å². The zero-order chi connectivity index (χ0) is 9.97. The number of aliphatic hydroxyl groups excluding tert-OH is 1. The van der Waals surface area contributed by atoms with E-state index in [4.69, 9.17) is 0 Å². The normalized spacial score (nSPS) is 27.0. The zero-order valence-electron chi connectivity index (χ0n) is 8.35. The molecule has 78 valence electrons. The molecule has 2 atom stereocenters. The molecule has 5 heteroatoms. The summed E-state index contributed by atoms with van der Waals surface area (Å²) in [6.45, 7) is 0.641. The summed E-state index contributed by atoms with van der Waals surface area (Å²) >= 11 is 0. The van der Waals surface area contributed by atoms with Crippen LogP contribution in [0, 0.1) is 0 Å². The van der Waals surface area contributed by atoms with Crippen molar-refractivity contribution in [2.45, 2.75) is 38.0 Å². The molecule has 1 saturated carbocycles. The molecule has 14 heavy (non-hydrogen) atoms. The second kappa shape index (κ2) is 4.06. The average Bonchev–Trinajstić information content (AvgIpc) is 2.72. The maximum absolute atomic E-state index is 9.56. The Bertz CT molecular complexity index is 299. The average molecular weight is 196 g/mol. The summed E-state index contributed by atoms with van der Waals surface area (Å²) < 4.78 is 1.68. The van der Waals surface area contributed by atoms with Crippen LogP contribution in [0.3, 0.4) is 0 Å². The van der Waals surface area contributed by atoms with Crippen LogP contribution in [0.25, 0.3) is 0 Å². The van der Waals surface area contributed by atoms with Crippen LogP contribution in [0.5, 0.6) is 0 Å². The first-order chi connectivity index (χ1) is 6.75. The number of aliphatic hydroxyl groups is 1. The second-order valence-corrected chi connectivity index (χ2v) is 3.82. The fourth-order valence-electron chi connectivity index (χ4n) is 1.87. The first-order valence-corrected chi connectivity index (χ1v) is 5.01. The highest BCUT2D eigenvalue weighted by molar-refractivity contribution is 4.86. The van der Waals surface area contributed by atoms with E-state index in [-0.39, 0.29) is 12.1 Å². The Hall–Kier alpha value is -0.940. The minimum absolute atomic E-state index is 0.196. The SMILES string of the molecule is Cn1cnc(CNC2CCCC2O)n1. The molecular weight excluding hydrogens is 180 g/mol. The fourth-order valence-corrected chi connectivity index (χ4v) is 1.87. The molecule has 2 unspecified atom stereocenters. The third-order valence-electron chi connectivity index (χ3n) is 2.65. The van der Waals surface area contributed by atoms with E-state index in [0.717, 1.165) is 25.1 Å². The van der Waals surface area contributed by atoms with Gasteiger partial charge >= 0.3 is 0 Å². The van der Waals surface area contributed by atoms with Crippen LogP contribution in [0.1, 0.15) is 25.1 Å². The van der Waals surface area contributed by atoms with Crippen LogP contribution >= 0.6 is 0 Å². The first kappa shape index (κ1) is 9.61. The molecule has 2 rings (SSSR count). The Balaban J connectivity index is 1.82. The van der Waals surface area contributed by atoms with Crippen LogP contribution in [0.4, 0.5) is 0 Å². The van der Waals surface area contributed by atoms with Crippen molar-refractivity contribution < 1.29 is 5.11 Å². The molecule has 0 aliphatic heterocycles. The largest absolute Gasteiger partial charge is 0.392 e. The summed E-state index contributed by atoms with van der Waals surface area (Å²) in [7, 11) is 1.85. The molecule has 0 aromatic carbocycles. The van der Waals surface area contributed by atoms with Crippen LogP contribution in [-0.4, -0.2) is 32.0 Å². The summed E-state index contributed by atoms with van der Waals surface area (Å²) in [5.74, 6) is 0.784. The van der Waals surface area contributed by atoms with Gasteiger partial charge in [0.15, 0.2) is 5.82 Å².